The summed E-state index contributed by atoms with van der Waals surface area (Å²) in [6.45, 7) is 0.164. The lowest BCUT2D eigenvalue weighted by atomic mass is 10.2. The zero-order valence-corrected chi connectivity index (χ0v) is 14.7. The predicted molar refractivity (Wildman–Crippen MR) is 94.1 cm³/mol. The van der Waals surface area contributed by atoms with Crippen LogP contribution in [0.5, 0.6) is 0 Å². The Hall–Kier alpha value is -1.79. The van der Waals surface area contributed by atoms with Crippen molar-refractivity contribution in [2.75, 3.05) is 12.4 Å². The lowest BCUT2D eigenvalue weighted by Crippen LogP contribution is -2.28. The van der Waals surface area contributed by atoms with Crippen molar-refractivity contribution in [1.29, 1.82) is 0 Å². The van der Waals surface area contributed by atoms with Crippen LogP contribution in [0.15, 0.2) is 64.0 Å². The molecule has 0 saturated heterocycles. The van der Waals surface area contributed by atoms with Crippen molar-refractivity contribution in [3.8, 4) is 0 Å². The smallest absolute Gasteiger partial charge is 0.316 e. The fourth-order valence-electron chi connectivity index (χ4n) is 1.71. The number of hydrogen-bond acceptors (Lipinski definition) is 4. The van der Waals surface area contributed by atoms with Crippen molar-refractivity contribution in [3.05, 3.63) is 64.6 Å². The van der Waals surface area contributed by atoms with Gasteiger partial charge >= 0.3 is 5.97 Å². The van der Waals surface area contributed by atoms with Gasteiger partial charge in [-0.1, -0.05) is 46.3 Å². The quantitative estimate of drug-likeness (QED) is 0.578. The van der Waals surface area contributed by atoms with Gasteiger partial charge in [0.25, 0.3) is 5.91 Å². The number of carbonyl (C=O) groups is 2. The summed E-state index contributed by atoms with van der Waals surface area (Å²) in [5, 5.41) is 2.71. The Morgan fingerprint density at radius 2 is 1.74 bits per heavy atom. The van der Waals surface area contributed by atoms with Crippen molar-refractivity contribution in [2.24, 2.45) is 0 Å². The van der Waals surface area contributed by atoms with Crippen LogP contribution in [-0.4, -0.2) is 24.2 Å². The van der Waals surface area contributed by atoms with Gasteiger partial charge in [0.05, 0.1) is 5.75 Å². The number of benzene rings is 2. The molecular formula is C17H16BrNO3S. The van der Waals surface area contributed by atoms with Crippen LogP contribution in [0.3, 0.4) is 0 Å². The number of carbonyl (C=O) groups excluding carboxylic acids is 2. The summed E-state index contributed by atoms with van der Waals surface area (Å²) >= 11 is 4.72. The van der Waals surface area contributed by atoms with Gasteiger partial charge in [0, 0.05) is 15.9 Å². The number of nitrogens with one attached hydrogen (secondary N) is 1. The van der Waals surface area contributed by atoms with E-state index in [1.54, 1.807) is 0 Å². The van der Waals surface area contributed by atoms with Crippen LogP contribution < -0.4 is 5.32 Å². The number of halogens is 1. The summed E-state index contributed by atoms with van der Waals surface area (Å²) in [6.07, 6.45) is 0. The Labute approximate surface area is 147 Å². The molecule has 0 bridgehead atoms. The average Bonchev–Trinajstić information content (AvgIpc) is 2.58. The number of thioether (sulfide) groups is 1. The molecule has 0 fully saturated rings. The number of amides is 1. The zero-order chi connectivity index (χ0) is 16.5. The summed E-state index contributed by atoms with van der Waals surface area (Å²) in [5.74, 6) is -0.545. The monoisotopic (exact) mass is 393 g/mol. The molecule has 2 aromatic carbocycles. The normalized spacial score (nSPS) is 10.1. The lowest BCUT2D eigenvalue weighted by Gasteiger charge is -2.07. The van der Waals surface area contributed by atoms with Crippen molar-refractivity contribution in [2.45, 2.75) is 11.4 Å². The molecule has 0 saturated carbocycles. The molecule has 4 nitrogen and oxygen atoms in total. The summed E-state index contributed by atoms with van der Waals surface area (Å²) < 4.78 is 5.94. The molecule has 6 heteroatoms. The maximum Gasteiger partial charge on any atom is 0.316 e. The molecule has 0 atom stereocenters. The number of hydrogen-bond donors (Lipinski definition) is 1. The van der Waals surface area contributed by atoms with Crippen LogP contribution in [-0.2, 0) is 20.9 Å². The number of rotatable bonds is 7. The van der Waals surface area contributed by atoms with Crippen molar-refractivity contribution >= 4 is 39.6 Å². The molecule has 0 aliphatic heterocycles. The van der Waals surface area contributed by atoms with E-state index in [1.807, 2.05) is 54.6 Å². The first-order chi connectivity index (χ1) is 11.1. The number of ether oxygens (including phenoxy) is 1. The van der Waals surface area contributed by atoms with Gasteiger partial charge in [0.2, 0.25) is 0 Å². The predicted octanol–water partition coefficient (Wildman–Crippen LogP) is 3.40. The van der Waals surface area contributed by atoms with E-state index in [2.05, 4.69) is 21.2 Å². The summed E-state index contributed by atoms with van der Waals surface area (Å²) in [5.41, 5.74) is 0.998. The van der Waals surface area contributed by atoms with Gasteiger partial charge in [0.15, 0.2) is 6.61 Å². The van der Waals surface area contributed by atoms with E-state index in [0.717, 1.165) is 14.9 Å². The Morgan fingerprint density at radius 1 is 1.04 bits per heavy atom. The fourth-order valence-corrected chi connectivity index (χ4v) is 2.67. The van der Waals surface area contributed by atoms with Crippen molar-refractivity contribution in [1.82, 2.24) is 5.32 Å². The van der Waals surface area contributed by atoms with Gasteiger partial charge < -0.3 is 10.1 Å². The first-order valence-corrected chi connectivity index (χ1v) is 8.76. The van der Waals surface area contributed by atoms with Gasteiger partial charge in [-0.2, -0.15) is 0 Å². The summed E-state index contributed by atoms with van der Waals surface area (Å²) in [7, 11) is 0. The topological polar surface area (TPSA) is 55.4 Å². The second-order valence-corrected chi connectivity index (χ2v) is 6.63. The zero-order valence-electron chi connectivity index (χ0n) is 12.3. The Bertz CT molecular complexity index is 647. The first kappa shape index (κ1) is 17.6. The van der Waals surface area contributed by atoms with E-state index >= 15 is 0 Å². The van der Waals surface area contributed by atoms with E-state index < -0.39 is 5.97 Å². The Kier molecular flexibility index (Phi) is 7.16. The summed E-state index contributed by atoms with van der Waals surface area (Å²) in [4.78, 5) is 24.2. The van der Waals surface area contributed by atoms with E-state index in [1.165, 1.54) is 11.8 Å². The molecule has 0 unspecified atom stereocenters. The van der Waals surface area contributed by atoms with Gasteiger partial charge in [-0.3, -0.25) is 9.59 Å². The fraction of sp³-hybridized carbons (Fsp3) is 0.176. The second kappa shape index (κ2) is 9.37. The largest absolute Gasteiger partial charge is 0.455 e. The molecule has 23 heavy (non-hydrogen) atoms. The Balaban J connectivity index is 1.63. The number of esters is 1. The van der Waals surface area contributed by atoms with Crippen LogP contribution in [0.2, 0.25) is 0 Å². The SMILES string of the molecule is O=C(COC(=O)CSc1ccc(Br)cc1)NCc1ccccc1. The van der Waals surface area contributed by atoms with E-state index in [9.17, 15) is 9.59 Å². The third-order valence-corrected chi connectivity index (χ3v) is 4.38. The molecular weight excluding hydrogens is 378 g/mol. The molecule has 2 aromatic rings. The molecule has 0 heterocycles. The molecule has 0 radical (unpaired) electrons. The minimum atomic E-state index is -0.409. The molecule has 0 spiro atoms. The average molecular weight is 394 g/mol. The highest BCUT2D eigenvalue weighted by Gasteiger charge is 2.08. The van der Waals surface area contributed by atoms with Crippen LogP contribution in [0.25, 0.3) is 0 Å². The highest BCUT2D eigenvalue weighted by Crippen LogP contribution is 2.20. The molecule has 2 rings (SSSR count). The van der Waals surface area contributed by atoms with Crippen LogP contribution >= 0.6 is 27.7 Å². The van der Waals surface area contributed by atoms with Crippen LogP contribution in [0, 0.1) is 0 Å². The van der Waals surface area contributed by atoms with Gasteiger partial charge in [0.1, 0.15) is 0 Å². The highest BCUT2D eigenvalue weighted by atomic mass is 79.9. The maximum absolute atomic E-state index is 11.6. The second-order valence-electron chi connectivity index (χ2n) is 4.67. The lowest BCUT2D eigenvalue weighted by molar-refractivity contribution is -0.145. The molecule has 120 valence electrons. The minimum absolute atomic E-state index is 0.174. The third-order valence-electron chi connectivity index (χ3n) is 2.87. The molecule has 0 aliphatic carbocycles. The van der Waals surface area contributed by atoms with E-state index in [4.69, 9.17) is 4.74 Å². The van der Waals surface area contributed by atoms with Gasteiger partial charge in [-0.05, 0) is 29.8 Å². The highest BCUT2D eigenvalue weighted by molar-refractivity contribution is 9.10. The standard InChI is InChI=1S/C17H16BrNO3S/c18-14-6-8-15(9-7-14)23-12-17(21)22-11-16(20)19-10-13-4-2-1-3-5-13/h1-9H,10-12H2,(H,19,20). The molecule has 1 N–H and O–H groups in total. The van der Waals surface area contributed by atoms with Crippen molar-refractivity contribution in [3.63, 3.8) is 0 Å². The van der Waals surface area contributed by atoms with Crippen molar-refractivity contribution < 1.29 is 14.3 Å². The van der Waals surface area contributed by atoms with Crippen LogP contribution in [0.4, 0.5) is 0 Å². The maximum atomic E-state index is 11.6. The third kappa shape index (κ3) is 6.88. The molecule has 0 aliphatic rings. The van der Waals surface area contributed by atoms with Crippen LogP contribution in [0.1, 0.15) is 5.56 Å². The summed E-state index contributed by atoms with van der Waals surface area (Å²) in [6, 6.07) is 17.2. The Morgan fingerprint density at radius 3 is 2.43 bits per heavy atom. The first-order valence-electron chi connectivity index (χ1n) is 6.98. The minimum Gasteiger partial charge on any atom is -0.455 e. The van der Waals surface area contributed by atoms with E-state index in [0.29, 0.717) is 6.54 Å². The van der Waals surface area contributed by atoms with Gasteiger partial charge in [-0.15, -0.1) is 11.8 Å². The molecule has 0 aromatic heterocycles. The molecule has 1 amide bonds. The van der Waals surface area contributed by atoms with Gasteiger partial charge in [-0.25, -0.2) is 0 Å². The van der Waals surface area contributed by atoms with E-state index in [-0.39, 0.29) is 18.3 Å².